The minimum atomic E-state index is -3.53. The summed E-state index contributed by atoms with van der Waals surface area (Å²) in [7, 11) is -1.84. The average Bonchev–Trinajstić information content (AvgIpc) is 2.63. The number of nitrogens with zero attached hydrogens (tertiary/aromatic N) is 1. The number of aryl methyl sites for hydroxylation is 3. The van der Waals surface area contributed by atoms with Gasteiger partial charge in [-0.05, 0) is 43.5 Å². The van der Waals surface area contributed by atoms with Gasteiger partial charge in [0.2, 0.25) is 10.0 Å². The molecule has 2 aromatic rings. The lowest BCUT2D eigenvalue weighted by molar-refractivity contribution is 0.580. The fourth-order valence-corrected chi connectivity index (χ4v) is 4.03. The van der Waals surface area contributed by atoms with Gasteiger partial charge in [-0.2, -0.15) is 0 Å². The zero-order valence-corrected chi connectivity index (χ0v) is 19.9. The molecule has 0 atom stereocenters. The SMILES string of the molecule is CN=C(NCCNS(=O)(=O)c1cc(C)ccc1C)NCc1cccc(C)c1.I. The molecule has 0 aliphatic carbocycles. The predicted octanol–water partition coefficient (Wildman–Crippen LogP) is 2.87. The van der Waals surface area contributed by atoms with Crippen LogP contribution >= 0.6 is 24.0 Å². The number of benzene rings is 2. The van der Waals surface area contributed by atoms with Crippen molar-refractivity contribution >= 4 is 40.0 Å². The molecule has 0 aromatic heterocycles. The van der Waals surface area contributed by atoms with Crippen molar-refractivity contribution in [3.8, 4) is 0 Å². The zero-order valence-electron chi connectivity index (χ0n) is 16.7. The van der Waals surface area contributed by atoms with E-state index in [4.69, 9.17) is 0 Å². The summed E-state index contributed by atoms with van der Waals surface area (Å²) < 4.78 is 27.6. The topological polar surface area (TPSA) is 82.6 Å². The number of sulfonamides is 1. The van der Waals surface area contributed by atoms with Gasteiger partial charge in [0.1, 0.15) is 0 Å². The van der Waals surface area contributed by atoms with Crippen LogP contribution in [-0.2, 0) is 16.6 Å². The molecule has 0 amide bonds. The molecule has 0 saturated carbocycles. The Hall–Kier alpha value is -1.65. The summed E-state index contributed by atoms with van der Waals surface area (Å²) >= 11 is 0. The summed E-state index contributed by atoms with van der Waals surface area (Å²) in [5.74, 6) is 0.627. The van der Waals surface area contributed by atoms with Crippen LogP contribution in [0.15, 0.2) is 52.4 Å². The van der Waals surface area contributed by atoms with Gasteiger partial charge in [0.15, 0.2) is 5.96 Å². The van der Waals surface area contributed by atoms with Gasteiger partial charge in [-0.15, -0.1) is 24.0 Å². The molecule has 0 unspecified atom stereocenters. The second-order valence-electron chi connectivity index (χ2n) is 6.51. The van der Waals surface area contributed by atoms with E-state index in [0.29, 0.717) is 23.9 Å². The van der Waals surface area contributed by atoms with Gasteiger partial charge in [0, 0.05) is 26.7 Å². The van der Waals surface area contributed by atoms with E-state index in [0.717, 1.165) is 16.7 Å². The second-order valence-corrected chi connectivity index (χ2v) is 8.24. The van der Waals surface area contributed by atoms with E-state index in [9.17, 15) is 8.42 Å². The molecule has 0 aliphatic rings. The molecule has 154 valence electrons. The number of rotatable bonds is 7. The van der Waals surface area contributed by atoms with Crippen LogP contribution in [0.3, 0.4) is 0 Å². The van der Waals surface area contributed by atoms with Crippen LogP contribution in [0.4, 0.5) is 0 Å². The van der Waals surface area contributed by atoms with Crippen molar-refractivity contribution < 1.29 is 8.42 Å². The van der Waals surface area contributed by atoms with E-state index in [-0.39, 0.29) is 30.5 Å². The molecule has 3 N–H and O–H groups in total. The van der Waals surface area contributed by atoms with Crippen LogP contribution < -0.4 is 15.4 Å². The summed E-state index contributed by atoms with van der Waals surface area (Å²) in [6.07, 6.45) is 0. The Bertz CT molecular complexity index is 914. The van der Waals surface area contributed by atoms with Crippen molar-refractivity contribution in [1.82, 2.24) is 15.4 Å². The maximum atomic E-state index is 12.5. The van der Waals surface area contributed by atoms with E-state index in [1.54, 1.807) is 20.0 Å². The van der Waals surface area contributed by atoms with Crippen LogP contribution in [0.5, 0.6) is 0 Å². The van der Waals surface area contributed by atoms with Crippen LogP contribution in [0, 0.1) is 20.8 Å². The van der Waals surface area contributed by atoms with E-state index < -0.39 is 10.0 Å². The number of guanidine groups is 1. The van der Waals surface area contributed by atoms with Crippen molar-refractivity contribution in [2.24, 2.45) is 4.99 Å². The smallest absolute Gasteiger partial charge is 0.240 e. The highest BCUT2D eigenvalue weighted by Gasteiger charge is 2.16. The van der Waals surface area contributed by atoms with E-state index in [1.165, 1.54) is 5.56 Å². The van der Waals surface area contributed by atoms with Crippen LogP contribution in [-0.4, -0.2) is 34.5 Å². The van der Waals surface area contributed by atoms with Gasteiger partial charge in [-0.1, -0.05) is 42.0 Å². The average molecular weight is 516 g/mol. The number of halogens is 1. The molecule has 28 heavy (non-hydrogen) atoms. The maximum Gasteiger partial charge on any atom is 0.240 e. The first-order valence-electron chi connectivity index (χ1n) is 8.89. The quantitative estimate of drug-likeness (QED) is 0.229. The normalized spacial score (nSPS) is 11.6. The minimum absolute atomic E-state index is 0. The lowest BCUT2D eigenvalue weighted by atomic mass is 10.1. The highest BCUT2D eigenvalue weighted by atomic mass is 127. The first-order chi connectivity index (χ1) is 12.8. The van der Waals surface area contributed by atoms with Gasteiger partial charge in [-0.3, -0.25) is 4.99 Å². The molecule has 8 heteroatoms. The van der Waals surface area contributed by atoms with Gasteiger partial charge >= 0.3 is 0 Å². The largest absolute Gasteiger partial charge is 0.355 e. The molecular formula is C20H29IN4O2S. The monoisotopic (exact) mass is 516 g/mol. The van der Waals surface area contributed by atoms with Crippen LogP contribution in [0.25, 0.3) is 0 Å². The third kappa shape index (κ3) is 7.40. The highest BCUT2D eigenvalue weighted by Crippen LogP contribution is 2.16. The Morgan fingerprint density at radius 3 is 2.36 bits per heavy atom. The van der Waals surface area contributed by atoms with Gasteiger partial charge in [-0.25, -0.2) is 13.1 Å². The Labute approximate surface area is 185 Å². The lowest BCUT2D eigenvalue weighted by Crippen LogP contribution is -2.41. The molecule has 0 spiro atoms. The summed E-state index contributed by atoms with van der Waals surface area (Å²) in [5, 5.41) is 6.34. The van der Waals surface area contributed by atoms with Gasteiger partial charge < -0.3 is 10.6 Å². The fraction of sp³-hybridized carbons (Fsp3) is 0.350. The first-order valence-corrected chi connectivity index (χ1v) is 10.4. The lowest BCUT2D eigenvalue weighted by Gasteiger charge is -2.13. The van der Waals surface area contributed by atoms with Crippen molar-refractivity contribution in [2.75, 3.05) is 20.1 Å². The Morgan fingerprint density at radius 2 is 1.68 bits per heavy atom. The number of hydrogen-bond donors (Lipinski definition) is 3. The van der Waals surface area contributed by atoms with Gasteiger partial charge in [0.05, 0.1) is 4.90 Å². The Morgan fingerprint density at radius 1 is 0.964 bits per heavy atom. The fourth-order valence-electron chi connectivity index (χ4n) is 2.67. The van der Waals surface area contributed by atoms with Crippen molar-refractivity contribution in [2.45, 2.75) is 32.2 Å². The molecule has 0 aliphatic heterocycles. The molecule has 0 bridgehead atoms. The highest BCUT2D eigenvalue weighted by molar-refractivity contribution is 14.0. The molecule has 6 nitrogen and oxygen atoms in total. The van der Waals surface area contributed by atoms with E-state index in [1.807, 2.05) is 31.2 Å². The van der Waals surface area contributed by atoms with E-state index in [2.05, 4.69) is 39.4 Å². The van der Waals surface area contributed by atoms with Crippen molar-refractivity contribution in [3.05, 3.63) is 64.7 Å². The summed E-state index contributed by atoms with van der Waals surface area (Å²) in [5.41, 5.74) is 4.02. The third-order valence-electron chi connectivity index (χ3n) is 4.11. The summed E-state index contributed by atoms with van der Waals surface area (Å²) in [4.78, 5) is 4.48. The molecule has 0 radical (unpaired) electrons. The predicted molar refractivity (Wildman–Crippen MR) is 126 cm³/mol. The molecule has 2 aromatic carbocycles. The molecule has 0 saturated heterocycles. The third-order valence-corrected chi connectivity index (χ3v) is 5.71. The number of nitrogens with one attached hydrogen (secondary N) is 3. The Kier molecular flexibility index (Phi) is 9.91. The number of aliphatic imine (C=N–C) groups is 1. The van der Waals surface area contributed by atoms with Crippen LogP contribution in [0.1, 0.15) is 22.3 Å². The molecular weight excluding hydrogens is 487 g/mol. The number of hydrogen-bond acceptors (Lipinski definition) is 3. The van der Waals surface area contributed by atoms with Crippen molar-refractivity contribution in [3.63, 3.8) is 0 Å². The van der Waals surface area contributed by atoms with Crippen LogP contribution in [0.2, 0.25) is 0 Å². The zero-order chi connectivity index (χ0) is 19.9. The molecule has 0 fully saturated rings. The van der Waals surface area contributed by atoms with E-state index >= 15 is 0 Å². The summed E-state index contributed by atoms with van der Waals surface area (Å²) in [6.45, 7) is 7.07. The maximum absolute atomic E-state index is 12.5. The molecule has 0 heterocycles. The molecule has 2 rings (SSSR count). The minimum Gasteiger partial charge on any atom is -0.355 e. The Balaban J connectivity index is 0.00000392. The summed E-state index contributed by atoms with van der Waals surface area (Å²) in [6, 6.07) is 13.6. The van der Waals surface area contributed by atoms with Crippen molar-refractivity contribution in [1.29, 1.82) is 0 Å². The second kappa shape index (κ2) is 11.4. The first kappa shape index (κ1) is 24.4. The van der Waals surface area contributed by atoms with Gasteiger partial charge in [0.25, 0.3) is 0 Å². The standard InChI is InChI=1S/C20H28N4O2S.HI/c1-15-6-5-7-18(12-15)14-23-20(21-4)22-10-11-24-27(25,26)19-13-16(2)8-9-17(19)3;/h5-9,12-13,24H,10-11,14H2,1-4H3,(H2,21,22,23);1H.